The molecule has 0 saturated carbocycles. The van der Waals surface area contributed by atoms with Crippen LogP contribution in [0, 0.1) is 6.92 Å². The fourth-order valence-corrected chi connectivity index (χ4v) is 3.69. The van der Waals surface area contributed by atoms with Crippen LogP contribution in [-0.2, 0) is 16.1 Å². The van der Waals surface area contributed by atoms with E-state index in [0.717, 1.165) is 40.6 Å². The lowest BCUT2D eigenvalue weighted by atomic mass is 10.1. The molecule has 2 heterocycles. The van der Waals surface area contributed by atoms with Crippen LogP contribution < -0.4 is 10.6 Å². The number of rotatable bonds is 11. The Kier molecular flexibility index (Phi) is 8.41. The largest absolute Gasteiger partial charge is 0.324 e. The van der Waals surface area contributed by atoms with Gasteiger partial charge in [0.25, 0.3) is 5.91 Å². The van der Waals surface area contributed by atoms with E-state index < -0.39 is 0 Å². The van der Waals surface area contributed by atoms with E-state index in [-0.39, 0.29) is 19.0 Å². The van der Waals surface area contributed by atoms with Gasteiger partial charge in [0.05, 0.1) is 18.8 Å². The average molecular weight is 495 g/mol. The molecule has 2 aromatic carbocycles. The topological polar surface area (TPSA) is 117 Å². The van der Waals surface area contributed by atoms with Crippen molar-refractivity contribution in [3.05, 3.63) is 95.9 Å². The number of anilines is 3. The molecule has 0 aliphatic rings. The molecule has 2 aromatic heterocycles. The van der Waals surface area contributed by atoms with E-state index in [1.54, 1.807) is 35.6 Å². The summed E-state index contributed by atoms with van der Waals surface area (Å²) in [5.74, 6) is 0.176. The van der Waals surface area contributed by atoms with Crippen molar-refractivity contribution >= 4 is 35.8 Å². The average Bonchev–Trinajstić information content (AvgIpc) is 2.92. The molecule has 0 fully saturated rings. The summed E-state index contributed by atoms with van der Waals surface area (Å²) in [6.07, 6.45) is 6.66. The number of amides is 1. The van der Waals surface area contributed by atoms with Gasteiger partial charge in [0.15, 0.2) is 0 Å². The van der Waals surface area contributed by atoms with Crippen molar-refractivity contribution in [3.63, 3.8) is 0 Å². The zero-order valence-corrected chi connectivity index (χ0v) is 20.3. The minimum atomic E-state index is -0.256. The molecule has 0 spiro atoms. The van der Waals surface area contributed by atoms with Crippen LogP contribution in [0.2, 0.25) is 0 Å². The number of carbonyl (C=O) groups excluding carboxylic acids is 3. The molecule has 37 heavy (non-hydrogen) atoms. The predicted octanol–water partition coefficient (Wildman–Crippen LogP) is 4.04. The maximum absolute atomic E-state index is 12.8. The monoisotopic (exact) mass is 494 g/mol. The Bertz CT molecular complexity index is 1370. The number of carbonyl (C=O) groups is 3. The second-order valence-electron chi connectivity index (χ2n) is 8.34. The van der Waals surface area contributed by atoms with E-state index in [1.165, 1.54) is 0 Å². The molecule has 1 amide bonds. The van der Waals surface area contributed by atoms with Crippen molar-refractivity contribution in [1.29, 1.82) is 0 Å². The van der Waals surface area contributed by atoms with E-state index in [4.69, 9.17) is 0 Å². The summed E-state index contributed by atoms with van der Waals surface area (Å²) in [5.41, 5.74) is 5.37. The number of aryl methyl sites for hydroxylation is 1. The van der Waals surface area contributed by atoms with Gasteiger partial charge in [0.2, 0.25) is 5.95 Å². The zero-order chi connectivity index (χ0) is 26.0. The standard InChI is InChI=1S/C28H26N6O3/c1-20-4-9-24(17-26(20)33-28-30-12-10-25(32-28)23-3-2-11-29-18-23)31-27(37)22-7-5-21(6-8-22)19-34(13-15-35)14-16-36/h2-12,15-18H,13-14,19H2,1H3,(H,31,37)(H,30,32,33). The highest BCUT2D eigenvalue weighted by atomic mass is 16.1. The lowest BCUT2D eigenvalue weighted by molar-refractivity contribution is -0.111. The molecule has 0 bridgehead atoms. The highest BCUT2D eigenvalue weighted by Crippen LogP contribution is 2.24. The predicted molar refractivity (Wildman–Crippen MR) is 142 cm³/mol. The normalized spacial score (nSPS) is 10.6. The summed E-state index contributed by atoms with van der Waals surface area (Å²) in [7, 11) is 0. The van der Waals surface area contributed by atoms with Gasteiger partial charge in [-0.2, -0.15) is 0 Å². The van der Waals surface area contributed by atoms with Crippen LogP contribution in [0.5, 0.6) is 0 Å². The maximum atomic E-state index is 12.8. The number of aromatic nitrogens is 3. The minimum Gasteiger partial charge on any atom is -0.324 e. The summed E-state index contributed by atoms with van der Waals surface area (Å²) in [5, 5.41) is 6.15. The lowest BCUT2D eigenvalue weighted by Gasteiger charge is -2.16. The third-order valence-corrected chi connectivity index (χ3v) is 5.64. The number of nitrogens with one attached hydrogen (secondary N) is 2. The van der Waals surface area contributed by atoms with Crippen molar-refractivity contribution < 1.29 is 14.4 Å². The smallest absolute Gasteiger partial charge is 0.255 e. The summed E-state index contributed by atoms with van der Waals surface area (Å²) >= 11 is 0. The molecular weight excluding hydrogens is 468 g/mol. The van der Waals surface area contributed by atoms with Crippen molar-refractivity contribution in [1.82, 2.24) is 19.9 Å². The van der Waals surface area contributed by atoms with Crippen LogP contribution >= 0.6 is 0 Å². The lowest BCUT2D eigenvalue weighted by Crippen LogP contribution is -2.27. The highest BCUT2D eigenvalue weighted by molar-refractivity contribution is 6.04. The SMILES string of the molecule is Cc1ccc(NC(=O)c2ccc(CN(CC=O)CC=O)cc2)cc1Nc1nccc(-c2cccnc2)n1. The number of hydrogen-bond acceptors (Lipinski definition) is 8. The summed E-state index contributed by atoms with van der Waals surface area (Å²) < 4.78 is 0. The van der Waals surface area contributed by atoms with E-state index >= 15 is 0 Å². The molecule has 0 unspecified atom stereocenters. The van der Waals surface area contributed by atoms with E-state index in [0.29, 0.717) is 23.7 Å². The Balaban J connectivity index is 1.44. The molecule has 186 valence electrons. The first kappa shape index (κ1) is 25.3. The second-order valence-corrected chi connectivity index (χ2v) is 8.34. The first-order valence-corrected chi connectivity index (χ1v) is 11.7. The summed E-state index contributed by atoms with van der Waals surface area (Å²) in [6.45, 7) is 2.74. The molecular formula is C28H26N6O3. The third-order valence-electron chi connectivity index (χ3n) is 5.64. The van der Waals surface area contributed by atoms with E-state index in [1.807, 2.05) is 55.5 Å². The Morgan fingerprint density at radius 1 is 0.973 bits per heavy atom. The molecule has 0 saturated heterocycles. The van der Waals surface area contributed by atoms with Gasteiger partial charge in [-0.1, -0.05) is 18.2 Å². The minimum absolute atomic E-state index is 0.170. The van der Waals surface area contributed by atoms with Crippen LogP contribution in [0.15, 0.2) is 79.3 Å². The van der Waals surface area contributed by atoms with Gasteiger partial charge in [0, 0.05) is 47.6 Å². The molecule has 2 N–H and O–H groups in total. The second kappa shape index (κ2) is 12.3. The van der Waals surface area contributed by atoms with Gasteiger partial charge >= 0.3 is 0 Å². The number of aldehydes is 2. The Morgan fingerprint density at radius 2 is 1.76 bits per heavy atom. The Morgan fingerprint density at radius 3 is 2.46 bits per heavy atom. The molecule has 4 rings (SSSR count). The van der Waals surface area contributed by atoms with Crippen molar-refractivity contribution in [3.8, 4) is 11.3 Å². The van der Waals surface area contributed by atoms with Gasteiger partial charge in [-0.05, 0) is 60.5 Å². The quantitative estimate of drug-likeness (QED) is 0.300. The summed E-state index contributed by atoms with van der Waals surface area (Å²) in [6, 6.07) is 18.2. The van der Waals surface area contributed by atoms with Crippen molar-refractivity contribution in [2.75, 3.05) is 23.7 Å². The van der Waals surface area contributed by atoms with Gasteiger partial charge in [-0.25, -0.2) is 9.97 Å². The maximum Gasteiger partial charge on any atom is 0.255 e. The third kappa shape index (κ3) is 6.89. The van der Waals surface area contributed by atoms with Crippen LogP contribution in [0.3, 0.4) is 0 Å². The molecule has 0 radical (unpaired) electrons. The number of nitrogens with zero attached hydrogens (tertiary/aromatic N) is 4. The fourth-order valence-electron chi connectivity index (χ4n) is 3.69. The Labute approximate surface area is 214 Å². The van der Waals surface area contributed by atoms with E-state index in [2.05, 4.69) is 25.6 Å². The van der Waals surface area contributed by atoms with Crippen LogP contribution in [0.25, 0.3) is 11.3 Å². The van der Waals surface area contributed by atoms with Crippen LogP contribution in [0.4, 0.5) is 17.3 Å². The van der Waals surface area contributed by atoms with Gasteiger partial charge < -0.3 is 20.2 Å². The van der Waals surface area contributed by atoms with Gasteiger partial charge in [-0.15, -0.1) is 0 Å². The first-order valence-electron chi connectivity index (χ1n) is 11.7. The number of pyridine rings is 1. The number of benzene rings is 2. The fraction of sp³-hybridized carbons (Fsp3) is 0.143. The summed E-state index contributed by atoms with van der Waals surface area (Å²) in [4.78, 5) is 49.2. The van der Waals surface area contributed by atoms with Crippen LogP contribution in [0.1, 0.15) is 21.5 Å². The van der Waals surface area contributed by atoms with Gasteiger partial charge in [-0.3, -0.25) is 14.7 Å². The molecule has 9 nitrogen and oxygen atoms in total. The Hall–Kier alpha value is -4.76. The van der Waals surface area contributed by atoms with Crippen LogP contribution in [-0.4, -0.2) is 51.4 Å². The molecule has 0 aliphatic heterocycles. The zero-order valence-electron chi connectivity index (χ0n) is 20.3. The number of hydrogen-bond donors (Lipinski definition) is 2. The molecule has 9 heteroatoms. The first-order chi connectivity index (χ1) is 18.1. The molecule has 0 atom stereocenters. The molecule has 0 aliphatic carbocycles. The molecule has 4 aromatic rings. The van der Waals surface area contributed by atoms with Gasteiger partial charge in [0.1, 0.15) is 12.6 Å². The van der Waals surface area contributed by atoms with E-state index in [9.17, 15) is 14.4 Å². The van der Waals surface area contributed by atoms with Crippen molar-refractivity contribution in [2.45, 2.75) is 13.5 Å². The highest BCUT2D eigenvalue weighted by Gasteiger charge is 2.11. The van der Waals surface area contributed by atoms with Crippen molar-refractivity contribution in [2.24, 2.45) is 0 Å².